The highest BCUT2D eigenvalue weighted by Crippen LogP contribution is 2.44. The van der Waals surface area contributed by atoms with E-state index in [9.17, 15) is 19.8 Å². The van der Waals surface area contributed by atoms with E-state index in [-0.39, 0.29) is 45.2 Å². The summed E-state index contributed by atoms with van der Waals surface area (Å²) in [7, 11) is 0. The SMILES string of the molecule is CC(C)(C)c1cc2c(O)c(c1)Cc1cc(C(C)(C)C)cc(c1OCCCNC(=O)NCCC1C=CC=C1)Cc1cc(C(C)(C)C)cc(c1O)Cc1cc(C(C)(C)C)cc(c1OCCCNC(=O)NCCC1C=CC=C1)C2. The Hall–Kier alpha value is -6.42. The lowest BCUT2D eigenvalue weighted by Gasteiger charge is -2.28. The van der Waals surface area contributed by atoms with E-state index in [0.717, 1.165) is 91.1 Å². The highest BCUT2D eigenvalue weighted by molar-refractivity contribution is 5.74. The van der Waals surface area contributed by atoms with Gasteiger partial charge in [0.05, 0.1) is 13.2 Å². The van der Waals surface area contributed by atoms with Crippen LogP contribution in [0.25, 0.3) is 0 Å². The molecular formula is C66H88N4O6. The molecule has 0 aromatic heterocycles. The number of ether oxygens (including phenoxy) is 2. The second-order valence-corrected chi connectivity index (χ2v) is 25.5. The summed E-state index contributed by atoms with van der Waals surface area (Å²) in [6.07, 6.45) is 21.2. The predicted octanol–water partition coefficient (Wildman–Crippen LogP) is 13.4. The van der Waals surface area contributed by atoms with Crippen molar-refractivity contribution in [2.45, 2.75) is 156 Å². The zero-order valence-corrected chi connectivity index (χ0v) is 47.8. The zero-order chi connectivity index (χ0) is 55.0. The Labute approximate surface area is 454 Å². The number of rotatable bonds is 16. The van der Waals surface area contributed by atoms with Gasteiger partial charge in [0.2, 0.25) is 0 Å². The highest BCUT2D eigenvalue weighted by Gasteiger charge is 2.29. The first-order valence-electron chi connectivity index (χ1n) is 27.9. The van der Waals surface area contributed by atoms with Gasteiger partial charge in [-0.2, -0.15) is 0 Å². The zero-order valence-electron chi connectivity index (χ0n) is 47.8. The van der Waals surface area contributed by atoms with Crippen molar-refractivity contribution in [2.24, 2.45) is 11.8 Å². The van der Waals surface area contributed by atoms with Crippen LogP contribution in [0.2, 0.25) is 0 Å². The molecule has 10 heteroatoms. The van der Waals surface area contributed by atoms with Gasteiger partial charge < -0.3 is 41.0 Å². The van der Waals surface area contributed by atoms with Crippen LogP contribution in [0.3, 0.4) is 0 Å². The van der Waals surface area contributed by atoms with Gasteiger partial charge in [-0.15, -0.1) is 0 Å². The molecule has 0 saturated heterocycles. The van der Waals surface area contributed by atoms with Crippen molar-refractivity contribution < 1.29 is 29.3 Å². The molecule has 4 aromatic carbocycles. The summed E-state index contributed by atoms with van der Waals surface area (Å²) in [5, 5.41) is 37.5. The third-order valence-electron chi connectivity index (χ3n) is 14.9. The van der Waals surface area contributed by atoms with Gasteiger partial charge in [0.15, 0.2) is 0 Å². The summed E-state index contributed by atoms with van der Waals surface area (Å²) >= 11 is 0. The van der Waals surface area contributed by atoms with Crippen molar-refractivity contribution in [2.75, 3.05) is 39.4 Å². The lowest BCUT2D eigenvalue weighted by molar-refractivity contribution is 0.237. The topological polar surface area (TPSA) is 141 Å². The maximum atomic E-state index is 12.8. The van der Waals surface area contributed by atoms with Crippen molar-refractivity contribution in [3.05, 3.63) is 164 Å². The standard InChI is InChI=1S/C66H88N4O6/c1-63(2,3)53-35-45-31-49-39-55(65(7,8)9)41-51(59(49)75-29-17-25-67-61(73)69-27-23-43-19-13-14-20-43)33-47-37-54(64(4,5)6)38-48(58(47)72)34-52-42-56(66(10,11)12)40-50(32-46(36-53)57(45)71)60(52)76-30-18-26-68-62(74)70-28-24-44-21-15-16-22-44/h13-16,19-22,35-44,71-72H,17-18,23-34H2,1-12H3,(H2,67,69,73)(H2,68,70,74). The number of carbonyl (C=O) groups excluding carboxylic acids is 2. The number of urea groups is 2. The lowest BCUT2D eigenvalue weighted by Crippen LogP contribution is -2.37. The molecular weight excluding hydrogens is 945 g/mol. The van der Waals surface area contributed by atoms with Crippen LogP contribution in [0, 0.1) is 11.8 Å². The number of amides is 4. The van der Waals surface area contributed by atoms with Gasteiger partial charge in [-0.1, -0.05) is 180 Å². The molecule has 0 unspecified atom stereocenters. The molecule has 6 N–H and O–H groups in total. The molecule has 8 bridgehead atoms. The maximum Gasteiger partial charge on any atom is 0.314 e. The first-order chi connectivity index (χ1) is 35.8. The van der Waals surface area contributed by atoms with Crippen LogP contribution in [0.15, 0.2) is 97.1 Å². The maximum absolute atomic E-state index is 12.8. The van der Waals surface area contributed by atoms with E-state index in [4.69, 9.17) is 9.47 Å². The third-order valence-corrected chi connectivity index (χ3v) is 14.9. The Balaban J connectivity index is 1.29. The number of benzene rings is 4. The number of nitrogens with one attached hydrogen (secondary N) is 4. The molecule has 10 nitrogen and oxygen atoms in total. The van der Waals surface area contributed by atoms with Crippen LogP contribution >= 0.6 is 0 Å². The molecule has 0 atom stereocenters. The highest BCUT2D eigenvalue weighted by atomic mass is 16.5. The molecule has 0 saturated carbocycles. The molecule has 4 aromatic rings. The van der Waals surface area contributed by atoms with E-state index >= 15 is 0 Å². The largest absolute Gasteiger partial charge is 0.507 e. The third kappa shape index (κ3) is 15.4. The Morgan fingerprint density at radius 2 is 0.671 bits per heavy atom. The Kier molecular flexibility index (Phi) is 18.3. The van der Waals surface area contributed by atoms with Crippen LogP contribution in [-0.2, 0) is 47.3 Å². The second kappa shape index (κ2) is 24.3. The van der Waals surface area contributed by atoms with Crippen molar-refractivity contribution in [1.29, 1.82) is 0 Å². The second-order valence-electron chi connectivity index (χ2n) is 25.5. The summed E-state index contributed by atoms with van der Waals surface area (Å²) in [6, 6.07) is 17.2. The van der Waals surface area contributed by atoms with E-state index in [1.54, 1.807) is 0 Å². The molecule has 3 aliphatic carbocycles. The van der Waals surface area contributed by atoms with E-state index < -0.39 is 0 Å². The Bertz CT molecular complexity index is 2530. The minimum atomic E-state index is -0.244. The summed E-state index contributed by atoms with van der Waals surface area (Å²) in [6.45, 7) is 29.3. The minimum absolute atomic E-state index is 0.195. The minimum Gasteiger partial charge on any atom is -0.507 e. The number of hydrogen-bond acceptors (Lipinski definition) is 6. The normalized spacial score (nSPS) is 14.8. The van der Waals surface area contributed by atoms with Gasteiger partial charge in [-0.3, -0.25) is 0 Å². The van der Waals surface area contributed by atoms with Gasteiger partial charge in [0, 0.05) is 51.9 Å². The number of phenolic OH excluding ortho intramolecular Hbond substituents is 2. The monoisotopic (exact) mass is 1030 g/mol. The van der Waals surface area contributed by atoms with Crippen LogP contribution in [0.4, 0.5) is 9.59 Å². The first kappa shape index (κ1) is 57.3. The van der Waals surface area contributed by atoms with Gasteiger partial charge in [0.1, 0.15) is 23.0 Å². The quantitative estimate of drug-likeness (QED) is 0.0544. The summed E-state index contributed by atoms with van der Waals surface area (Å²) in [4.78, 5) is 25.6. The summed E-state index contributed by atoms with van der Waals surface area (Å²) < 4.78 is 13.9. The van der Waals surface area contributed by atoms with Crippen LogP contribution < -0.4 is 30.7 Å². The average molecular weight is 1030 g/mol. The van der Waals surface area contributed by atoms with E-state index in [0.29, 0.717) is 89.8 Å². The summed E-state index contributed by atoms with van der Waals surface area (Å²) in [5.74, 6) is 2.65. The van der Waals surface area contributed by atoms with Crippen molar-refractivity contribution >= 4 is 12.1 Å². The number of fused-ring (bicyclic) bond motifs is 8. The fraction of sp³-hybridized carbons (Fsp3) is 0.485. The fourth-order valence-corrected chi connectivity index (χ4v) is 10.1. The lowest BCUT2D eigenvalue weighted by atomic mass is 9.79. The van der Waals surface area contributed by atoms with E-state index in [2.05, 4.69) is 177 Å². The fourth-order valence-electron chi connectivity index (χ4n) is 10.1. The van der Waals surface area contributed by atoms with Gasteiger partial charge >= 0.3 is 12.1 Å². The van der Waals surface area contributed by atoms with Crippen molar-refractivity contribution in [1.82, 2.24) is 21.3 Å². The van der Waals surface area contributed by atoms with E-state index in [1.165, 1.54) is 0 Å². The van der Waals surface area contributed by atoms with Gasteiger partial charge in [-0.25, -0.2) is 9.59 Å². The number of carbonyl (C=O) groups is 2. The molecule has 7 rings (SSSR count). The number of hydrogen-bond donors (Lipinski definition) is 6. The van der Waals surface area contributed by atoms with Gasteiger partial charge in [0.25, 0.3) is 0 Å². The van der Waals surface area contributed by atoms with Gasteiger partial charge in [-0.05, 0) is 126 Å². The Morgan fingerprint density at radius 1 is 0.421 bits per heavy atom. The Morgan fingerprint density at radius 3 is 0.934 bits per heavy atom. The smallest absolute Gasteiger partial charge is 0.314 e. The number of allylic oxidation sites excluding steroid dienone is 8. The first-order valence-corrected chi connectivity index (χ1v) is 27.9. The molecule has 0 aliphatic heterocycles. The molecule has 4 amide bonds. The average Bonchev–Trinajstić information content (AvgIpc) is 4.10. The molecule has 408 valence electrons. The molecule has 0 radical (unpaired) electrons. The molecule has 0 spiro atoms. The van der Waals surface area contributed by atoms with E-state index in [1.807, 2.05) is 24.3 Å². The predicted molar refractivity (Wildman–Crippen MR) is 311 cm³/mol. The molecule has 76 heavy (non-hydrogen) atoms. The number of aromatic hydroxyl groups is 2. The molecule has 0 heterocycles. The summed E-state index contributed by atoms with van der Waals surface area (Å²) in [5.41, 5.74) is 10.5. The molecule has 0 fully saturated rings. The van der Waals surface area contributed by atoms with Crippen LogP contribution in [0.1, 0.15) is 176 Å². The van der Waals surface area contributed by atoms with Crippen molar-refractivity contribution in [3.63, 3.8) is 0 Å². The number of phenols is 2. The molecule has 3 aliphatic rings. The van der Waals surface area contributed by atoms with Crippen molar-refractivity contribution in [3.8, 4) is 23.0 Å². The van der Waals surface area contributed by atoms with Crippen LogP contribution in [0.5, 0.6) is 23.0 Å². The van der Waals surface area contributed by atoms with Crippen LogP contribution in [-0.4, -0.2) is 61.7 Å².